The minimum Gasteiger partial charge on any atom is -0.324 e. The van der Waals surface area contributed by atoms with Gasteiger partial charge in [0.2, 0.25) is 5.91 Å². The third kappa shape index (κ3) is 9.06. The number of hydrogen-bond acceptors (Lipinski definition) is 3. The number of nitrogens with zero attached hydrogens (tertiary/aromatic N) is 2. The number of para-hydroxylation sites is 1. The van der Waals surface area contributed by atoms with E-state index in [9.17, 15) is 13.6 Å². The van der Waals surface area contributed by atoms with Gasteiger partial charge in [-0.1, -0.05) is 42.5 Å². The number of benzene rings is 3. The molecule has 1 N–H and O–H groups in total. The second-order valence-electron chi connectivity index (χ2n) is 10.0. The lowest BCUT2D eigenvalue weighted by atomic mass is 9.87. The summed E-state index contributed by atoms with van der Waals surface area (Å²) >= 11 is 0. The van der Waals surface area contributed by atoms with E-state index in [0.29, 0.717) is 6.54 Å². The number of nitrogens with one attached hydrogen (secondary N) is 1. The normalized spacial score (nSPS) is 11.5. The summed E-state index contributed by atoms with van der Waals surface area (Å²) in [5.41, 5.74) is 5.12. The van der Waals surface area contributed by atoms with Gasteiger partial charge >= 0.3 is 0 Å². The van der Waals surface area contributed by atoms with Crippen LogP contribution in [0.3, 0.4) is 0 Å². The summed E-state index contributed by atoms with van der Waals surface area (Å²) in [5, 5.41) is 3.05. The highest BCUT2D eigenvalue weighted by molar-refractivity contribution is 5.93. The molecule has 0 fully saturated rings. The molecule has 4 nitrogen and oxygen atoms in total. The number of hydrogen-bond donors (Lipinski definition) is 1. The summed E-state index contributed by atoms with van der Waals surface area (Å²) in [6, 6.07) is 19.2. The Labute approximate surface area is 220 Å². The van der Waals surface area contributed by atoms with Crippen LogP contribution >= 0.6 is 0 Å². The molecule has 0 aliphatic carbocycles. The first kappa shape index (κ1) is 28.5. The van der Waals surface area contributed by atoms with Gasteiger partial charge in [-0.15, -0.1) is 0 Å². The van der Waals surface area contributed by atoms with Crippen LogP contribution in [0.5, 0.6) is 0 Å². The molecular formula is C31H39F2N3O. The molecule has 0 spiro atoms. The molecule has 0 heterocycles. The fourth-order valence-electron chi connectivity index (χ4n) is 4.72. The fraction of sp³-hybridized carbons (Fsp3) is 0.387. The molecule has 1 amide bonds. The molecule has 3 rings (SSSR count). The van der Waals surface area contributed by atoms with Gasteiger partial charge < -0.3 is 10.2 Å². The fourth-order valence-corrected chi connectivity index (χ4v) is 4.72. The van der Waals surface area contributed by atoms with Crippen molar-refractivity contribution in [2.24, 2.45) is 0 Å². The topological polar surface area (TPSA) is 35.6 Å². The zero-order valence-electron chi connectivity index (χ0n) is 22.4. The minimum absolute atomic E-state index is 0.000817. The second kappa shape index (κ2) is 14.0. The van der Waals surface area contributed by atoms with Crippen molar-refractivity contribution in [1.82, 2.24) is 9.80 Å². The molecule has 0 bridgehead atoms. The SMILES string of the molecule is Cc1cccc(C)c1NC(=O)CN(C)CCCN(C)CCCC(c1ccc(F)cc1)c1ccc(F)cc1. The Bertz CT molecular complexity index is 1070. The third-order valence-electron chi connectivity index (χ3n) is 6.82. The van der Waals surface area contributed by atoms with Crippen LogP contribution in [-0.2, 0) is 4.79 Å². The van der Waals surface area contributed by atoms with Crippen LogP contribution in [0.15, 0.2) is 66.7 Å². The molecule has 3 aromatic rings. The molecule has 0 saturated carbocycles. The lowest BCUT2D eigenvalue weighted by Gasteiger charge is -2.22. The van der Waals surface area contributed by atoms with Gasteiger partial charge in [0, 0.05) is 11.6 Å². The monoisotopic (exact) mass is 507 g/mol. The van der Waals surface area contributed by atoms with Crippen molar-refractivity contribution in [3.8, 4) is 0 Å². The van der Waals surface area contributed by atoms with Crippen LogP contribution in [0.4, 0.5) is 14.5 Å². The number of likely N-dealkylation sites (N-methyl/N-ethyl adjacent to an activating group) is 1. The first-order valence-electron chi connectivity index (χ1n) is 13.0. The van der Waals surface area contributed by atoms with E-state index in [1.165, 1.54) is 24.3 Å². The van der Waals surface area contributed by atoms with E-state index >= 15 is 0 Å². The summed E-state index contributed by atoms with van der Waals surface area (Å²) in [6.07, 6.45) is 2.81. The number of amides is 1. The van der Waals surface area contributed by atoms with Crippen molar-refractivity contribution < 1.29 is 13.6 Å². The highest BCUT2D eigenvalue weighted by Crippen LogP contribution is 2.29. The van der Waals surface area contributed by atoms with E-state index in [2.05, 4.69) is 22.2 Å². The first-order valence-corrected chi connectivity index (χ1v) is 13.0. The molecular weight excluding hydrogens is 468 g/mol. The van der Waals surface area contributed by atoms with Gasteiger partial charge in [0.15, 0.2) is 0 Å². The van der Waals surface area contributed by atoms with Crippen molar-refractivity contribution in [2.45, 2.75) is 39.0 Å². The third-order valence-corrected chi connectivity index (χ3v) is 6.82. The Kier molecular flexibility index (Phi) is 10.8. The Hall–Kier alpha value is -3.09. The molecule has 198 valence electrons. The van der Waals surface area contributed by atoms with E-state index in [0.717, 1.165) is 66.8 Å². The molecule has 0 radical (unpaired) electrons. The van der Waals surface area contributed by atoms with E-state index < -0.39 is 0 Å². The molecule has 0 atom stereocenters. The standard InChI is InChI=1S/C31H39F2N3O/c1-23-8-5-9-24(2)31(23)34-30(37)22-36(4)21-7-20-35(3)19-6-10-29(25-11-15-27(32)16-12-25)26-13-17-28(33)18-14-26/h5,8-9,11-18,29H,6-7,10,19-22H2,1-4H3,(H,34,37). The van der Waals surface area contributed by atoms with Crippen LogP contribution < -0.4 is 5.32 Å². The number of carbonyl (C=O) groups is 1. The molecule has 0 aromatic heterocycles. The molecule has 0 unspecified atom stereocenters. The van der Waals surface area contributed by atoms with Crippen molar-refractivity contribution in [3.63, 3.8) is 0 Å². The zero-order chi connectivity index (χ0) is 26.8. The summed E-state index contributed by atoms with van der Waals surface area (Å²) in [7, 11) is 4.08. The average molecular weight is 508 g/mol. The number of rotatable bonds is 13. The highest BCUT2D eigenvalue weighted by Gasteiger charge is 2.15. The number of halogens is 2. The second-order valence-corrected chi connectivity index (χ2v) is 10.0. The largest absolute Gasteiger partial charge is 0.324 e. The molecule has 6 heteroatoms. The predicted octanol–water partition coefficient (Wildman–Crippen LogP) is 6.39. The van der Waals surface area contributed by atoms with E-state index in [1.54, 1.807) is 0 Å². The zero-order valence-corrected chi connectivity index (χ0v) is 22.4. The molecule has 0 aliphatic heterocycles. The lowest BCUT2D eigenvalue weighted by Crippen LogP contribution is -2.33. The van der Waals surface area contributed by atoms with E-state index in [4.69, 9.17) is 0 Å². The Morgan fingerprint density at radius 1 is 0.757 bits per heavy atom. The van der Waals surface area contributed by atoms with Crippen molar-refractivity contribution in [2.75, 3.05) is 45.6 Å². The molecule has 3 aromatic carbocycles. The van der Waals surface area contributed by atoms with Gasteiger partial charge in [-0.05, 0) is 113 Å². The molecule has 37 heavy (non-hydrogen) atoms. The van der Waals surface area contributed by atoms with Crippen LogP contribution in [0.2, 0.25) is 0 Å². The summed E-state index contributed by atoms with van der Waals surface area (Å²) in [5.74, 6) is -0.416. The molecule has 0 saturated heterocycles. The lowest BCUT2D eigenvalue weighted by molar-refractivity contribution is -0.117. The van der Waals surface area contributed by atoms with Gasteiger partial charge in [0.1, 0.15) is 11.6 Å². The number of anilines is 1. The smallest absolute Gasteiger partial charge is 0.238 e. The van der Waals surface area contributed by atoms with Gasteiger partial charge in [-0.3, -0.25) is 9.69 Å². The first-order chi connectivity index (χ1) is 17.7. The maximum atomic E-state index is 13.5. The van der Waals surface area contributed by atoms with Crippen molar-refractivity contribution in [3.05, 3.63) is 101 Å². The Morgan fingerprint density at radius 2 is 1.24 bits per heavy atom. The Morgan fingerprint density at radius 3 is 1.78 bits per heavy atom. The van der Waals surface area contributed by atoms with Crippen molar-refractivity contribution in [1.29, 1.82) is 0 Å². The number of aryl methyl sites for hydroxylation is 2. The van der Waals surface area contributed by atoms with Gasteiger partial charge in [-0.2, -0.15) is 0 Å². The van der Waals surface area contributed by atoms with Crippen LogP contribution in [0.1, 0.15) is 47.4 Å². The van der Waals surface area contributed by atoms with E-state index in [-0.39, 0.29) is 23.5 Å². The molecule has 0 aliphatic rings. The van der Waals surface area contributed by atoms with Gasteiger partial charge in [-0.25, -0.2) is 8.78 Å². The maximum Gasteiger partial charge on any atom is 0.238 e. The number of carbonyl (C=O) groups excluding carboxylic acids is 1. The maximum absolute atomic E-state index is 13.5. The highest BCUT2D eigenvalue weighted by atomic mass is 19.1. The van der Waals surface area contributed by atoms with Gasteiger partial charge in [0.05, 0.1) is 6.54 Å². The van der Waals surface area contributed by atoms with Crippen LogP contribution in [-0.4, -0.2) is 56.0 Å². The van der Waals surface area contributed by atoms with E-state index in [1.807, 2.05) is 63.4 Å². The van der Waals surface area contributed by atoms with Crippen molar-refractivity contribution >= 4 is 11.6 Å². The Balaban J connectivity index is 1.41. The average Bonchev–Trinajstić information content (AvgIpc) is 2.86. The summed E-state index contributed by atoms with van der Waals surface area (Å²) < 4.78 is 26.9. The van der Waals surface area contributed by atoms with Crippen LogP contribution in [0, 0.1) is 25.5 Å². The minimum atomic E-state index is -0.255. The quantitative estimate of drug-likeness (QED) is 0.291. The van der Waals surface area contributed by atoms with Crippen LogP contribution in [0.25, 0.3) is 0 Å². The summed E-state index contributed by atoms with van der Waals surface area (Å²) in [6.45, 7) is 7.05. The van der Waals surface area contributed by atoms with Gasteiger partial charge in [0.25, 0.3) is 0 Å². The summed E-state index contributed by atoms with van der Waals surface area (Å²) in [4.78, 5) is 16.8. The predicted molar refractivity (Wildman–Crippen MR) is 148 cm³/mol.